The topological polar surface area (TPSA) is 63.4 Å². The Kier molecular flexibility index (Phi) is 2.10. The predicted molar refractivity (Wildman–Crippen MR) is 63.2 cm³/mol. The number of carbonyl (C=O) groups is 2. The number of aryl methyl sites for hydroxylation is 1. The van der Waals surface area contributed by atoms with Crippen molar-refractivity contribution in [2.24, 2.45) is 23.5 Å². The zero-order chi connectivity index (χ0) is 12.2. The second-order valence-electron chi connectivity index (χ2n) is 4.75. The number of hydrogen-bond donors (Lipinski definition) is 1. The van der Waals surface area contributed by atoms with E-state index in [9.17, 15) is 9.59 Å². The number of carbonyl (C=O) groups excluding carboxylic acids is 2. The molecule has 1 aliphatic heterocycles. The summed E-state index contributed by atoms with van der Waals surface area (Å²) in [5.74, 6) is -0.399. The van der Waals surface area contributed by atoms with Gasteiger partial charge in [-0.3, -0.25) is 9.59 Å². The van der Waals surface area contributed by atoms with Gasteiger partial charge in [0, 0.05) is 0 Å². The van der Waals surface area contributed by atoms with Gasteiger partial charge in [-0.2, -0.15) is 0 Å². The first-order chi connectivity index (χ1) is 8.16. The summed E-state index contributed by atoms with van der Waals surface area (Å²) >= 11 is 0. The molecule has 4 heteroatoms. The molecule has 1 aromatic carbocycles. The van der Waals surface area contributed by atoms with Crippen molar-refractivity contribution in [3.05, 3.63) is 29.8 Å². The van der Waals surface area contributed by atoms with Crippen molar-refractivity contribution in [2.75, 3.05) is 11.4 Å². The number of nitrogens with two attached hydrogens (primary N) is 1. The molecule has 2 fully saturated rings. The Morgan fingerprint density at radius 1 is 1.18 bits per heavy atom. The van der Waals surface area contributed by atoms with Crippen LogP contribution in [0.25, 0.3) is 0 Å². The fourth-order valence-electron chi connectivity index (χ4n) is 2.80. The van der Waals surface area contributed by atoms with Gasteiger partial charge in [0.05, 0.1) is 17.5 Å². The minimum absolute atomic E-state index is 0.0789. The van der Waals surface area contributed by atoms with Gasteiger partial charge in [-0.05, 0) is 31.0 Å². The molecule has 0 bridgehead atoms. The number of nitrogens with zero attached hydrogens (tertiary/aromatic N) is 1. The van der Waals surface area contributed by atoms with Crippen molar-refractivity contribution in [1.82, 2.24) is 0 Å². The maximum absolute atomic E-state index is 12.1. The SMILES string of the molecule is Cc1ccccc1N1C(=O)C2C(CN)C2C1=O. The van der Waals surface area contributed by atoms with Gasteiger partial charge in [0.25, 0.3) is 0 Å². The summed E-state index contributed by atoms with van der Waals surface area (Å²) in [5, 5.41) is 0. The molecule has 1 aliphatic carbocycles. The predicted octanol–water partition coefficient (Wildman–Crippen LogP) is 0.689. The summed E-state index contributed by atoms with van der Waals surface area (Å²) in [5.41, 5.74) is 7.20. The molecule has 0 spiro atoms. The first-order valence-corrected chi connectivity index (χ1v) is 5.80. The largest absolute Gasteiger partial charge is 0.330 e. The van der Waals surface area contributed by atoms with Crippen LogP contribution in [0.2, 0.25) is 0 Å². The second-order valence-corrected chi connectivity index (χ2v) is 4.75. The Morgan fingerprint density at radius 3 is 2.29 bits per heavy atom. The van der Waals surface area contributed by atoms with Gasteiger partial charge in [-0.15, -0.1) is 0 Å². The van der Waals surface area contributed by atoms with Gasteiger partial charge in [0.1, 0.15) is 0 Å². The van der Waals surface area contributed by atoms with Gasteiger partial charge in [-0.1, -0.05) is 18.2 Å². The quantitative estimate of drug-likeness (QED) is 0.760. The Labute approximate surface area is 99.4 Å². The maximum Gasteiger partial charge on any atom is 0.238 e. The number of amides is 2. The smallest absolute Gasteiger partial charge is 0.238 e. The van der Waals surface area contributed by atoms with Crippen LogP contribution >= 0.6 is 0 Å². The van der Waals surface area contributed by atoms with Crippen LogP contribution in [0.4, 0.5) is 5.69 Å². The number of anilines is 1. The molecule has 1 saturated heterocycles. The Bertz CT molecular complexity index is 490. The van der Waals surface area contributed by atoms with Crippen LogP contribution in [0.5, 0.6) is 0 Å². The van der Waals surface area contributed by atoms with Crippen molar-refractivity contribution >= 4 is 17.5 Å². The average molecular weight is 230 g/mol. The molecule has 2 unspecified atom stereocenters. The van der Waals surface area contributed by atoms with E-state index in [1.54, 1.807) is 0 Å². The Morgan fingerprint density at radius 2 is 1.76 bits per heavy atom. The van der Waals surface area contributed by atoms with Crippen molar-refractivity contribution in [3.63, 3.8) is 0 Å². The Hall–Kier alpha value is -1.68. The van der Waals surface area contributed by atoms with E-state index in [1.165, 1.54) is 4.90 Å². The number of hydrogen-bond acceptors (Lipinski definition) is 3. The van der Waals surface area contributed by atoms with Gasteiger partial charge in [0.15, 0.2) is 0 Å². The number of para-hydroxylation sites is 1. The number of piperidine rings is 1. The number of fused-ring (bicyclic) bond motifs is 1. The van der Waals surface area contributed by atoms with Gasteiger partial charge in [-0.25, -0.2) is 4.90 Å². The van der Waals surface area contributed by atoms with Crippen LogP contribution in [-0.2, 0) is 9.59 Å². The minimum Gasteiger partial charge on any atom is -0.330 e. The number of benzene rings is 1. The van der Waals surface area contributed by atoms with E-state index in [0.717, 1.165) is 5.56 Å². The summed E-state index contributed by atoms with van der Waals surface area (Å²) in [6.07, 6.45) is 0. The molecule has 2 amide bonds. The first kappa shape index (κ1) is 10.5. The van der Waals surface area contributed by atoms with Crippen molar-refractivity contribution in [2.45, 2.75) is 6.92 Å². The summed E-state index contributed by atoms with van der Waals surface area (Å²) in [6, 6.07) is 7.45. The molecule has 1 saturated carbocycles. The number of imide groups is 1. The standard InChI is InChI=1S/C13H14N2O2/c1-7-4-2-3-5-9(7)15-12(16)10-8(6-14)11(10)13(15)17/h2-5,8,10-11H,6,14H2,1H3. The lowest BCUT2D eigenvalue weighted by Crippen LogP contribution is -2.36. The van der Waals surface area contributed by atoms with Gasteiger partial charge in [0.2, 0.25) is 11.8 Å². The monoisotopic (exact) mass is 230 g/mol. The fraction of sp³-hybridized carbons (Fsp3) is 0.385. The molecule has 1 aromatic rings. The van der Waals surface area contributed by atoms with E-state index < -0.39 is 0 Å². The lowest BCUT2D eigenvalue weighted by Gasteiger charge is -2.19. The first-order valence-electron chi connectivity index (χ1n) is 5.80. The molecule has 1 heterocycles. The van der Waals surface area contributed by atoms with Crippen LogP contribution in [-0.4, -0.2) is 18.4 Å². The fourth-order valence-corrected chi connectivity index (χ4v) is 2.80. The Balaban J connectivity index is 1.96. The van der Waals surface area contributed by atoms with Crippen molar-refractivity contribution < 1.29 is 9.59 Å². The molecule has 2 N–H and O–H groups in total. The van der Waals surface area contributed by atoms with E-state index in [2.05, 4.69) is 0 Å². The maximum atomic E-state index is 12.1. The summed E-state index contributed by atoms with van der Waals surface area (Å²) < 4.78 is 0. The highest BCUT2D eigenvalue weighted by molar-refractivity contribution is 6.25. The zero-order valence-corrected chi connectivity index (χ0v) is 9.59. The molecular formula is C13H14N2O2. The molecule has 2 aliphatic rings. The molecular weight excluding hydrogens is 216 g/mol. The zero-order valence-electron chi connectivity index (χ0n) is 9.59. The molecule has 0 aromatic heterocycles. The second kappa shape index (κ2) is 3.40. The minimum atomic E-state index is -0.160. The van der Waals surface area contributed by atoms with E-state index in [0.29, 0.717) is 12.2 Å². The highest BCUT2D eigenvalue weighted by atomic mass is 16.2. The third kappa shape index (κ3) is 1.27. The van der Waals surface area contributed by atoms with E-state index in [1.807, 2.05) is 31.2 Å². The van der Waals surface area contributed by atoms with Gasteiger partial charge >= 0.3 is 0 Å². The summed E-state index contributed by atoms with van der Waals surface area (Å²) in [6.45, 7) is 2.33. The van der Waals surface area contributed by atoms with E-state index in [-0.39, 0.29) is 29.6 Å². The normalized spacial score (nSPS) is 30.7. The third-order valence-corrected chi connectivity index (χ3v) is 3.81. The van der Waals surface area contributed by atoms with Crippen LogP contribution in [0, 0.1) is 24.7 Å². The highest BCUT2D eigenvalue weighted by Crippen LogP contribution is 2.53. The van der Waals surface area contributed by atoms with Crippen molar-refractivity contribution in [1.29, 1.82) is 0 Å². The number of rotatable bonds is 2. The van der Waals surface area contributed by atoms with Crippen LogP contribution in [0.1, 0.15) is 5.56 Å². The van der Waals surface area contributed by atoms with Crippen LogP contribution in [0.15, 0.2) is 24.3 Å². The lowest BCUT2D eigenvalue weighted by atomic mass is 10.1. The van der Waals surface area contributed by atoms with Gasteiger partial charge < -0.3 is 5.73 Å². The van der Waals surface area contributed by atoms with E-state index >= 15 is 0 Å². The lowest BCUT2D eigenvalue weighted by molar-refractivity contribution is -0.124. The summed E-state index contributed by atoms with van der Waals surface area (Å²) in [4.78, 5) is 25.6. The average Bonchev–Trinajstić information content (AvgIpc) is 2.99. The summed E-state index contributed by atoms with van der Waals surface area (Å²) in [7, 11) is 0. The molecule has 4 nitrogen and oxygen atoms in total. The van der Waals surface area contributed by atoms with Crippen molar-refractivity contribution in [3.8, 4) is 0 Å². The molecule has 0 radical (unpaired) electrons. The molecule has 17 heavy (non-hydrogen) atoms. The molecule has 88 valence electrons. The molecule has 2 atom stereocenters. The third-order valence-electron chi connectivity index (χ3n) is 3.81. The highest BCUT2D eigenvalue weighted by Gasteiger charge is 2.66. The van der Waals surface area contributed by atoms with Crippen LogP contribution in [0.3, 0.4) is 0 Å². The van der Waals surface area contributed by atoms with E-state index in [4.69, 9.17) is 5.73 Å². The molecule has 3 rings (SSSR count). The van der Waals surface area contributed by atoms with Crippen LogP contribution < -0.4 is 10.6 Å².